The number of carbonyl (C=O) groups is 2. The highest BCUT2D eigenvalue weighted by molar-refractivity contribution is 5.80. The van der Waals surface area contributed by atoms with Crippen LogP contribution in [0.5, 0.6) is 0 Å². The van der Waals surface area contributed by atoms with Crippen molar-refractivity contribution in [1.82, 2.24) is 16.0 Å². The standard InChI is InChI=1S/C15H31N3O4/c1-11(13(19)16-5)18-12(10-21-6)8-7-9-17-14(20)22-15(2,3)4/h11-12,18H,7-10H2,1-6H3,(H,16,19)(H,17,20). The van der Waals surface area contributed by atoms with Crippen LogP contribution >= 0.6 is 0 Å². The molecule has 0 aliphatic heterocycles. The molecule has 0 aromatic carbocycles. The van der Waals surface area contributed by atoms with Crippen LogP contribution in [0.4, 0.5) is 4.79 Å². The molecule has 0 rings (SSSR count). The van der Waals surface area contributed by atoms with Gasteiger partial charge in [0.2, 0.25) is 5.91 Å². The van der Waals surface area contributed by atoms with Gasteiger partial charge in [-0.05, 0) is 40.5 Å². The number of hydrogen-bond donors (Lipinski definition) is 3. The minimum absolute atomic E-state index is 0.0535. The van der Waals surface area contributed by atoms with E-state index in [0.29, 0.717) is 13.2 Å². The van der Waals surface area contributed by atoms with Crippen LogP contribution in [0, 0.1) is 0 Å². The van der Waals surface area contributed by atoms with Crippen LogP contribution in [0.1, 0.15) is 40.5 Å². The molecule has 0 heterocycles. The van der Waals surface area contributed by atoms with Gasteiger partial charge in [0.15, 0.2) is 0 Å². The lowest BCUT2D eigenvalue weighted by molar-refractivity contribution is -0.122. The van der Waals surface area contributed by atoms with Crippen molar-refractivity contribution in [2.45, 2.75) is 58.2 Å². The molecule has 0 saturated heterocycles. The van der Waals surface area contributed by atoms with Crippen LogP contribution < -0.4 is 16.0 Å². The summed E-state index contributed by atoms with van der Waals surface area (Å²) in [6, 6.07) is -0.235. The van der Waals surface area contributed by atoms with E-state index < -0.39 is 11.7 Å². The zero-order chi connectivity index (χ0) is 17.2. The SMILES string of the molecule is CNC(=O)C(C)NC(CCCNC(=O)OC(C)(C)C)COC. The number of hydrogen-bond acceptors (Lipinski definition) is 5. The average Bonchev–Trinajstić information content (AvgIpc) is 2.40. The fourth-order valence-corrected chi connectivity index (χ4v) is 1.91. The first-order valence-corrected chi connectivity index (χ1v) is 7.63. The second-order valence-corrected chi connectivity index (χ2v) is 6.23. The van der Waals surface area contributed by atoms with E-state index in [9.17, 15) is 9.59 Å². The van der Waals surface area contributed by atoms with E-state index in [-0.39, 0.29) is 18.0 Å². The first-order valence-electron chi connectivity index (χ1n) is 7.63. The number of likely N-dealkylation sites (N-methyl/N-ethyl adjacent to an activating group) is 1. The molecule has 22 heavy (non-hydrogen) atoms. The summed E-state index contributed by atoms with van der Waals surface area (Å²) < 4.78 is 10.3. The van der Waals surface area contributed by atoms with E-state index in [1.54, 1.807) is 21.1 Å². The molecular formula is C15H31N3O4. The first kappa shape index (κ1) is 20.7. The van der Waals surface area contributed by atoms with Crippen LogP contribution in [0.15, 0.2) is 0 Å². The number of nitrogens with one attached hydrogen (secondary N) is 3. The Morgan fingerprint density at radius 2 is 1.86 bits per heavy atom. The first-order chi connectivity index (χ1) is 10.2. The van der Waals surface area contributed by atoms with Crippen LogP contribution in [0.25, 0.3) is 0 Å². The number of alkyl carbamates (subject to hydrolysis) is 1. The van der Waals surface area contributed by atoms with Crippen molar-refractivity contribution < 1.29 is 19.1 Å². The summed E-state index contributed by atoms with van der Waals surface area (Å²) in [5, 5.41) is 8.53. The van der Waals surface area contributed by atoms with E-state index in [2.05, 4.69) is 16.0 Å². The summed E-state index contributed by atoms with van der Waals surface area (Å²) >= 11 is 0. The highest BCUT2D eigenvalue weighted by Gasteiger charge is 2.18. The van der Waals surface area contributed by atoms with Crippen LogP contribution in [0.3, 0.4) is 0 Å². The maximum Gasteiger partial charge on any atom is 0.407 e. The lowest BCUT2D eigenvalue weighted by atomic mass is 10.1. The summed E-state index contributed by atoms with van der Waals surface area (Å²) in [7, 11) is 3.23. The molecule has 2 atom stereocenters. The molecule has 0 spiro atoms. The number of ether oxygens (including phenoxy) is 2. The van der Waals surface area contributed by atoms with Gasteiger partial charge in [-0.3, -0.25) is 4.79 Å². The molecule has 2 amide bonds. The minimum atomic E-state index is -0.493. The third kappa shape index (κ3) is 10.4. The van der Waals surface area contributed by atoms with E-state index in [1.165, 1.54) is 0 Å². The van der Waals surface area contributed by atoms with Gasteiger partial charge in [-0.25, -0.2) is 4.79 Å². The fraction of sp³-hybridized carbons (Fsp3) is 0.867. The van der Waals surface area contributed by atoms with Gasteiger partial charge in [-0.15, -0.1) is 0 Å². The smallest absolute Gasteiger partial charge is 0.407 e. The molecule has 0 saturated carbocycles. The molecular weight excluding hydrogens is 286 g/mol. The summed E-state index contributed by atoms with van der Waals surface area (Å²) in [4.78, 5) is 23.0. The number of amides is 2. The quantitative estimate of drug-likeness (QED) is 0.553. The Kier molecular flexibility index (Phi) is 9.76. The van der Waals surface area contributed by atoms with E-state index in [0.717, 1.165) is 12.8 Å². The van der Waals surface area contributed by atoms with Gasteiger partial charge in [-0.2, -0.15) is 0 Å². The van der Waals surface area contributed by atoms with Gasteiger partial charge >= 0.3 is 6.09 Å². The Hall–Kier alpha value is -1.34. The van der Waals surface area contributed by atoms with Crippen molar-refractivity contribution >= 4 is 12.0 Å². The molecule has 0 aliphatic rings. The highest BCUT2D eigenvalue weighted by atomic mass is 16.6. The van der Waals surface area contributed by atoms with Gasteiger partial charge < -0.3 is 25.4 Å². The predicted octanol–water partition coefficient (Wildman–Crippen LogP) is 1.03. The van der Waals surface area contributed by atoms with Crippen molar-refractivity contribution in [2.24, 2.45) is 0 Å². The second-order valence-electron chi connectivity index (χ2n) is 6.23. The summed E-state index contributed by atoms with van der Waals surface area (Å²) in [6.07, 6.45) is 1.13. The van der Waals surface area contributed by atoms with Crippen molar-refractivity contribution in [2.75, 3.05) is 27.3 Å². The average molecular weight is 317 g/mol. The summed E-state index contributed by atoms with van der Waals surface area (Å²) in [5.41, 5.74) is -0.493. The van der Waals surface area contributed by atoms with Crippen molar-refractivity contribution in [3.63, 3.8) is 0 Å². The van der Waals surface area contributed by atoms with Gasteiger partial charge in [0.05, 0.1) is 12.6 Å². The Labute approximate surface area is 133 Å². The molecule has 7 heteroatoms. The van der Waals surface area contributed by atoms with Crippen molar-refractivity contribution in [1.29, 1.82) is 0 Å². The monoisotopic (exact) mass is 317 g/mol. The zero-order valence-electron chi connectivity index (χ0n) is 14.6. The molecule has 0 fully saturated rings. The maximum absolute atomic E-state index is 11.5. The van der Waals surface area contributed by atoms with Gasteiger partial charge in [-0.1, -0.05) is 0 Å². The van der Waals surface area contributed by atoms with Crippen LogP contribution in [-0.2, 0) is 14.3 Å². The lowest BCUT2D eigenvalue weighted by Crippen LogP contribution is -2.47. The molecule has 7 nitrogen and oxygen atoms in total. The van der Waals surface area contributed by atoms with Crippen molar-refractivity contribution in [3.8, 4) is 0 Å². The number of rotatable bonds is 9. The predicted molar refractivity (Wildman–Crippen MR) is 85.8 cm³/mol. The molecule has 0 radical (unpaired) electrons. The fourth-order valence-electron chi connectivity index (χ4n) is 1.91. The number of methoxy groups -OCH3 is 1. The Bertz CT molecular complexity index is 342. The van der Waals surface area contributed by atoms with E-state index in [1.807, 2.05) is 20.8 Å². The van der Waals surface area contributed by atoms with Gasteiger partial charge in [0.1, 0.15) is 5.60 Å². The topological polar surface area (TPSA) is 88.7 Å². The van der Waals surface area contributed by atoms with Crippen molar-refractivity contribution in [3.05, 3.63) is 0 Å². The molecule has 130 valence electrons. The summed E-state index contributed by atoms with van der Waals surface area (Å²) in [6.45, 7) is 8.31. The Morgan fingerprint density at radius 3 is 2.36 bits per heavy atom. The second kappa shape index (κ2) is 10.4. The maximum atomic E-state index is 11.5. The third-order valence-corrected chi connectivity index (χ3v) is 2.89. The Morgan fingerprint density at radius 1 is 1.23 bits per heavy atom. The molecule has 3 N–H and O–H groups in total. The molecule has 0 bridgehead atoms. The third-order valence-electron chi connectivity index (χ3n) is 2.89. The van der Waals surface area contributed by atoms with Crippen LogP contribution in [-0.4, -0.2) is 57.0 Å². The Balaban J connectivity index is 4.05. The van der Waals surface area contributed by atoms with E-state index >= 15 is 0 Å². The minimum Gasteiger partial charge on any atom is -0.444 e. The molecule has 0 aromatic rings. The van der Waals surface area contributed by atoms with Crippen LogP contribution in [0.2, 0.25) is 0 Å². The lowest BCUT2D eigenvalue weighted by Gasteiger charge is -2.22. The largest absolute Gasteiger partial charge is 0.444 e. The van der Waals surface area contributed by atoms with Gasteiger partial charge in [0.25, 0.3) is 0 Å². The van der Waals surface area contributed by atoms with Gasteiger partial charge in [0, 0.05) is 26.7 Å². The zero-order valence-corrected chi connectivity index (χ0v) is 14.6. The molecule has 2 unspecified atom stereocenters. The molecule has 0 aliphatic carbocycles. The van der Waals surface area contributed by atoms with E-state index in [4.69, 9.17) is 9.47 Å². The molecule has 0 aromatic heterocycles. The normalized spacial score (nSPS) is 14.1. The number of carbonyl (C=O) groups excluding carboxylic acids is 2. The summed E-state index contributed by atoms with van der Waals surface area (Å²) in [5.74, 6) is -0.0621. The highest BCUT2D eigenvalue weighted by Crippen LogP contribution is 2.06.